The number of aliphatic imine (C=N–C) groups is 1. The predicted octanol–water partition coefficient (Wildman–Crippen LogP) is 2.15. The van der Waals surface area contributed by atoms with Gasteiger partial charge < -0.3 is 10.0 Å². The van der Waals surface area contributed by atoms with Crippen LogP contribution in [0.15, 0.2) is 47.5 Å². The van der Waals surface area contributed by atoms with Crippen molar-refractivity contribution in [1.29, 1.82) is 5.26 Å². The third-order valence-corrected chi connectivity index (χ3v) is 4.05. The van der Waals surface area contributed by atoms with Gasteiger partial charge in [0.15, 0.2) is 0 Å². The lowest BCUT2D eigenvalue weighted by Gasteiger charge is -2.22. The maximum atomic E-state index is 14.3. The maximum absolute atomic E-state index is 14.3. The van der Waals surface area contributed by atoms with E-state index in [1.165, 1.54) is 36.4 Å². The molecule has 0 aromatic heterocycles. The number of benzodiazepines with no additional fused rings is 1. The third-order valence-electron chi connectivity index (χ3n) is 4.05. The molecule has 1 aliphatic rings. The Hall–Kier alpha value is -3.64. The second-order valence-electron chi connectivity index (χ2n) is 5.69. The Bertz CT molecular complexity index is 999. The zero-order valence-corrected chi connectivity index (χ0v) is 13.9. The number of aliphatic hydroxyl groups is 1. The van der Waals surface area contributed by atoms with E-state index in [9.17, 15) is 24.4 Å². The summed E-state index contributed by atoms with van der Waals surface area (Å²) in [6.45, 7) is -0.0444. The Morgan fingerprint density at radius 2 is 2.04 bits per heavy atom. The van der Waals surface area contributed by atoms with E-state index in [4.69, 9.17) is 5.26 Å². The lowest BCUT2D eigenvalue weighted by atomic mass is 9.99. The van der Waals surface area contributed by atoms with Gasteiger partial charge in [-0.15, -0.1) is 0 Å². The van der Waals surface area contributed by atoms with Crippen molar-refractivity contribution in [3.05, 3.63) is 69.5 Å². The summed E-state index contributed by atoms with van der Waals surface area (Å²) in [5.41, 5.74) is -0.0289. The van der Waals surface area contributed by atoms with E-state index in [0.717, 1.165) is 4.90 Å². The van der Waals surface area contributed by atoms with Crippen molar-refractivity contribution >= 4 is 23.0 Å². The number of halogens is 1. The number of nitrogens with zero attached hydrogens (tertiary/aromatic N) is 4. The predicted molar refractivity (Wildman–Crippen MR) is 93.7 cm³/mol. The number of anilines is 1. The van der Waals surface area contributed by atoms with Crippen LogP contribution in [0, 0.1) is 27.3 Å². The molecule has 1 aliphatic heterocycles. The van der Waals surface area contributed by atoms with Crippen molar-refractivity contribution < 1.29 is 19.2 Å². The van der Waals surface area contributed by atoms with E-state index < -0.39 is 22.9 Å². The first kappa shape index (κ1) is 18.2. The molecule has 0 bridgehead atoms. The van der Waals surface area contributed by atoms with Crippen LogP contribution in [0.4, 0.5) is 15.8 Å². The van der Waals surface area contributed by atoms with Crippen LogP contribution in [-0.2, 0) is 4.79 Å². The summed E-state index contributed by atoms with van der Waals surface area (Å²) >= 11 is 0. The molecule has 0 saturated heterocycles. The highest BCUT2D eigenvalue weighted by Gasteiger charge is 2.32. The molecule has 27 heavy (non-hydrogen) atoms. The molecule has 9 heteroatoms. The zero-order valence-electron chi connectivity index (χ0n) is 13.9. The molecule has 8 nitrogen and oxygen atoms in total. The van der Waals surface area contributed by atoms with E-state index in [-0.39, 0.29) is 41.2 Å². The van der Waals surface area contributed by atoms with Crippen LogP contribution in [0.3, 0.4) is 0 Å². The van der Waals surface area contributed by atoms with Gasteiger partial charge in [-0.2, -0.15) is 5.26 Å². The van der Waals surface area contributed by atoms with Gasteiger partial charge in [-0.25, -0.2) is 9.38 Å². The van der Waals surface area contributed by atoms with Crippen molar-refractivity contribution in [3.63, 3.8) is 0 Å². The molecule has 0 saturated carbocycles. The summed E-state index contributed by atoms with van der Waals surface area (Å²) in [7, 11) is 0. The van der Waals surface area contributed by atoms with Crippen LogP contribution in [0.25, 0.3) is 0 Å². The molecule has 1 unspecified atom stereocenters. The van der Waals surface area contributed by atoms with Gasteiger partial charge >= 0.3 is 0 Å². The van der Waals surface area contributed by atoms with Gasteiger partial charge in [0.25, 0.3) is 11.6 Å². The summed E-state index contributed by atoms with van der Waals surface area (Å²) in [4.78, 5) is 28.1. The molecule has 3 rings (SSSR count). The molecule has 1 heterocycles. The van der Waals surface area contributed by atoms with Crippen LogP contribution < -0.4 is 4.90 Å². The van der Waals surface area contributed by atoms with E-state index in [1.807, 2.05) is 6.07 Å². The van der Waals surface area contributed by atoms with Crippen LogP contribution in [0.1, 0.15) is 17.5 Å². The molecule has 2 aromatic carbocycles. The summed E-state index contributed by atoms with van der Waals surface area (Å²) < 4.78 is 14.3. The number of fused-ring (bicyclic) bond motifs is 1. The molecule has 136 valence electrons. The fraction of sp³-hybridized carbons (Fsp3) is 0.167. The van der Waals surface area contributed by atoms with Gasteiger partial charge in [-0.1, -0.05) is 12.1 Å². The summed E-state index contributed by atoms with van der Waals surface area (Å²) in [6.07, 6.45) is -1.85. The lowest BCUT2D eigenvalue weighted by Crippen LogP contribution is -2.38. The van der Waals surface area contributed by atoms with E-state index in [1.54, 1.807) is 6.07 Å². The summed E-state index contributed by atoms with van der Waals surface area (Å²) in [5, 5.41) is 30.2. The maximum Gasteiger partial charge on any atom is 0.278 e. The summed E-state index contributed by atoms with van der Waals surface area (Å²) in [6, 6.07) is 11.2. The SMILES string of the molecule is N#CCCN1C(=O)C(O)N=C(c2ccccc2F)c2cc([N+](=O)[O-])ccc21. The standard InChI is InChI=1S/C18H13FN4O4/c19-14-5-2-1-4-12(14)16-13-10-11(23(26)27)6-7-15(13)22(9-3-8-20)18(25)17(24)21-16/h1-2,4-7,10,17,24H,3,9H2. The van der Waals surface area contributed by atoms with Crippen molar-refractivity contribution in [2.24, 2.45) is 4.99 Å². The molecule has 0 aliphatic carbocycles. The number of carbonyl (C=O) groups is 1. The minimum Gasteiger partial charge on any atom is -0.364 e. The van der Waals surface area contributed by atoms with E-state index in [2.05, 4.69) is 4.99 Å². The highest BCUT2D eigenvalue weighted by Crippen LogP contribution is 2.32. The minimum absolute atomic E-state index is 0.00627. The number of rotatable bonds is 4. The third kappa shape index (κ3) is 3.38. The Morgan fingerprint density at radius 1 is 1.30 bits per heavy atom. The molecule has 2 aromatic rings. The number of hydrogen-bond acceptors (Lipinski definition) is 6. The number of non-ortho nitro benzene ring substituents is 1. The summed E-state index contributed by atoms with van der Waals surface area (Å²) in [5.74, 6) is -1.45. The molecule has 0 spiro atoms. The Labute approximate surface area is 152 Å². The van der Waals surface area contributed by atoms with Crippen LogP contribution in [0.2, 0.25) is 0 Å². The normalized spacial score (nSPS) is 16.2. The van der Waals surface area contributed by atoms with Crippen molar-refractivity contribution in [2.75, 3.05) is 11.4 Å². The number of aliphatic hydroxyl groups excluding tert-OH is 1. The first-order chi connectivity index (χ1) is 12.9. The smallest absolute Gasteiger partial charge is 0.278 e. The largest absolute Gasteiger partial charge is 0.364 e. The van der Waals surface area contributed by atoms with Crippen LogP contribution in [0.5, 0.6) is 0 Å². The number of hydrogen-bond donors (Lipinski definition) is 1. The minimum atomic E-state index is -1.83. The van der Waals surface area contributed by atoms with Gasteiger partial charge in [0, 0.05) is 29.8 Å². The van der Waals surface area contributed by atoms with Gasteiger partial charge in [-0.05, 0) is 18.2 Å². The lowest BCUT2D eigenvalue weighted by molar-refractivity contribution is -0.384. The molecule has 1 N–H and O–H groups in total. The second kappa shape index (κ2) is 7.31. The number of nitriles is 1. The molecular formula is C18H13FN4O4. The second-order valence-corrected chi connectivity index (χ2v) is 5.69. The Kier molecular flexibility index (Phi) is 4.92. The molecule has 1 amide bonds. The van der Waals surface area contributed by atoms with Crippen LogP contribution in [-0.4, -0.2) is 34.4 Å². The average Bonchev–Trinajstić information content (AvgIpc) is 2.76. The molecule has 1 atom stereocenters. The van der Waals surface area contributed by atoms with E-state index in [0.29, 0.717) is 0 Å². The number of amides is 1. The Balaban J connectivity index is 2.28. The van der Waals surface area contributed by atoms with Gasteiger partial charge in [0.1, 0.15) is 5.82 Å². The van der Waals surface area contributed by atoms with Gasteiger partial charge in [0.2, 0.25) is 6.23 Å². The molecule has 0 radical (unpaired) electrons. The Morgan fingerprint density at radius 3 is 2.70 bits per heavy atom. The fourth-order valence-corrected chi connectivity index (χ4v) is 2.83. The van der Waals surface area contributed by atoms with Gasteiger partial charge in [-0.3, -0.25) is 14.9 Å². The van der Waals surface area contributed by atoms with Gasteiger partial charge in [0.05, 0.1) is 28.8 Å². The first-order valence-corrected chi connectivity index (χ1v) is 7.92. The first-order valence-electron chi connectivity index (χ1n) is 7.92. The van der Waals surface area contributed by atoms with Crippen molar-refractivity contribution in [1.82, 2.24) is 0 Å². The topological polar surface area (TPSA) is 120 Å². The number of carbonyl (C=O) groups excluding carboxylic acids is 1. The number of nitro benzene ring substituents is 1. The number of benzene rings is 2. The fourth-order valence-electron chi connectivity index (χ4n) is 2.83. The van der Waals surface area contributed by atoms with E-state index >= 15 is 0 Å². The number of nitro groups is 1. The average molecular weight is 368 g/mol. The quantitative estimate of drug-likeness (QED) is 0.655. The van der Waals surface area contributed by atoms with Crippen molar-refractivity contribution in [3.8, 4) is 6.07 Å². The molecule has 0 fully saturated rings. The highest BCUT2D eigenvalue weighted by molar-refractivity contribution is 6.20. The zero-order chi connectivity index (χ0) is 19.6. The van der Waals surface area contributed by atoms with Crippen LogP contribution >= 0.6 is 0 Å². The van der Waals surface area contributed by atoms with Crippen molar-refractivity contribution in [2.45, 2.75) is 12.6 Å². The monoisotopic (exact) mass is 368 g/mol. The molecular weight excluding hydrogens is 355 g/mol. The highest BCUT2D eigenvalue weighted by atomic mass is 19.1.